The normalized spacial score (nSPS) is 17.4. The average molecular weight is 328 g/mol. The smallest absolute Gasteiger partial charge is 0.229 e. The van der Waals surface area contributed by atoms with Crippen molar-refractivity contribution in [2.45, 2.75) is 12.8 Å². The molecular weight excluding hydrogens is 309 g/mol. The number of benzene rings is 1. The highest BCUT2D eigenvalue weighted by molar-refractivity contribution is 5.93. The SMILES string of the molecule is Cl.Cl.O=C(Nc1ccc2ccccc2n1)C1CCCNC1. The standard InChI is InChI=1S/C15H17N3O.2ClH/c19-15(12-5-3-9-16-10-12)18-14-8-7-11-4-1-2-6-13(11)17-14;;/h1-2,4,6-8,12,16H,3,5,9-10H2,(H,17,18,19);2*1H. The number of amides is 1. The third-order valence-corrected chi connectivity index (χ3v) is 3.52. The van der Waals surface area contributed by atoms with Crippen molar-refractivity contribution in [1.29, 1.82) is 0 Å². The maximum absolute atomic E-state index is 12.1. The van der Waals surface area contributed by atoms with Gasteiger partial charge in [0.2, 0.25) is 5.91 Å². The minimum atomic E-state index is 0. The Kier molecular flexibility index (Phi) is 6.89. The molecule has 1 aliphatic rings. The summed E-state index contributed by atoms with van der Waals surface area (Å²) in [7, 11) is 0. The molecule has 0 aliphatic carbocycles. The molecule has 1 amide bonds. The van der Waals surface area contributed by atoms with Gasteiger partial charge >= 0.3 is 0 Å². The van der Waals surface area contributed by atoms with Crippen molar-refractivity contribution in [2.75, 3.05) is 18.4 Å². The predicted octanol–water partition coefficient (Wildman–Crippen LogP) is 3.02. The lowest BCUT2D eigenvalue weighted by atomic mass is 9.99. The zero-order chi connectivity index (χ0) is 13.1. The fraction of sp³-hybridized carbons (Fsp3) is 0.333. The second kappa shape index (κ2) is 8.17. The minimum absolute atomic E-state index is 0. The number of carbonyl (C=O) groups is 1. The summed E-state index contributed by atoms with van der Waals surface area (Å²) in [5, 5.41) is 7.25. The number of para-hydroxylation sites is 1. The first kappa shape index (κ1) is 17.7. The third-order valence-electron chi connectivity index (χ3n) is 3.52. The number of fused-ring (bicyclic) bond motifs is 1. The third kappa shape index (κ3) is 4.30. The van der Waals surface area contributed by atoms with E-state index < -0.39 is 0 Å². The Balaban J connectivity index is 0.00000110. The van der Waals surface area contributed by atoms with E-state index in [1.807, 2.05) is 36.4 Å². The van der Waals surface area contributed by atoms with Crippen LogP contribution in [0.1, 0.15) is 12.8 Å². The highest BCUT2D eigenvalue weighted by atomic mass is 35.5. The van der Waals surface area contributed by atoms with E-state index in [0.29, 0.717) is 5.82 Å². The van der Waals surface area contributed by atoms with Crippen molar-refractivity contribution in [2.24, 2.45) is 5.92 Å². The number of aromatic nitrogens is 1. The van der Waals surface area contributed by atoms with Crippen LogP contribution in [0.5, 0.6) is 0 Å². The van der Waals surface area contributed by atoms with Crippen molar-refractivity contribution in [3.8, 4) is 0 Å². The molecule has 0 bridgehead atoms. The van der Waals surface area contributed by atoms with E-state index in [-0.39, 0.29) is 36.6 Å². The van der Waals surface area contributed by atoms with Gasteiger partial charge in [0, 0.05) is 11.9 Å². The number of pyridine rings is 1. The molecule has 1 saturated heterocycles. The van der Waals surface area contributed by atoms with Gasteiger partial charge in [-0.25, -0.2) is 4.98 Å². The van der Waals surface area contributed by atoms with Crippen molar-refractivity contribution >= 4 is 47.4 Å². The number of nitrogens with zero attached hydrogens (tertiary/aromatic N) is 1. The molecule has 0 radical (unpaired) electrons. The van der Waals surface area contributed by atoms with Gasteiger partial charge in [0.1, 0.15) is 5.82 Å². The summed E-state index contributed by atoms with van der Waals surface area (Å²) in [5.74, 6) is 0.756. The molecular formula is C15H19Cl2N3O. The van der Waals surface area contributed by atoms with E-state index in [2.05, 4.69) is 15.6 Å². The van der Waals surface area contributed by atoms with E-state index in [1.54, 1.807) is 0 Å². The fourth-order valence-corrected chi connectivity index (χ4v) is 2.44. The summed E-state index contributed by atoms with van der Waals surface area (Å²) in [5.41, 5.74) is 0.905. The molecule has 2 aromatic rings. The van der Waals surface area contributed by atoms with Crippen LogP contribution >= 0.6 is 24.8 Å². The molecule has 0 saturated carbocycles. The zero-order valence-corrected chi connectivity index (χ0v) is 13.2. The Morgan fingerprint density at radius 2 is 2.00 bits per heavy atom. The van der Waals surface area contributed by atoms with E-state index in [4.69, 9.17) is 0 Å². The van der Waals surface area contributed by atoms with Crippen LogP contribution in [0.2, 0.25) is 0 Å². The van der Waals surface area contributed by atoms with Crippen molar-refractivity contribution in [3.05, 3.63) is 36.4 Å². The molecule has 1 atom stereocenters. The summed E-state index contributed by atoms with van der Waals surface area (Å²) < 4.78 is 0. The topological polar surface area (TPSA) is 54.0 Å². The van der Waals surface area contributed by atoms with Gasteiger partial charge in [-0.05, 0) is 37.6 Å². The monoisotopic (exact) mass is 327 g/mol. The van der Waals surface area contributed by atoms with Crippen LogP contribution in [-0.4, -0.2) is 24.0 Å². The molecule has 1 aromatic heterocycles. The van der Waals surface area contributed by atoms with Crippen LogP contribution in [0, 0.1) is 5.92 Å². The van der Waals surface area contributed by atoms with Crippen LogP contribution in [0.15, 0.2) is 36.4 Å². The Hall–Kier alpha value is -1.36. The van der Waals surface area contributed by atoms with Gasteiger partial charge in [-0.2, -0.15) is 0 Å². The molecule has 2 N–H and O–H groups in total. The number of piperidine rings is 1. The van der Waals surface area contributed by atoms with Gasteiger partial charge in [-0.3, -0.25) is 4.79 Å². The molecule has 3 rings (SSSR count). The number of hydrogen-bond donors (Lipinski definition) is 2. The Morgan fingerprint density at radius 3 is 2.76 bits per heavy atom. The van der Waals surface area contributed by atoms with Crippen LogP contribution < -0.4 is 10.6 Å². The van der Waals surface area contributed by atoms with Crippen molar-refractivity contribution < 1.29 is 4.79 Å². The molecule has 0 spiro atoms. The van der Waals surface area contributed by atoms with Gasteiger partial charge in [0.05, 0.1) is 11.4 Å². The van der Waals surface area contributed by atoms with Gasteiger partial charge in [-0.1, -0.05) is 18.2 Å². The lowest BCUT2D eigenvalue weighted by Gasteiger charge is -2.21. The molecule has 4 nitrogen and oxygen atoms in total. The van der Waals surface area contributed by atoms with E-state index in [1.165, 1.54) is 0 Å². The maximum atomic E-state index is 12.1. The molecule has 21 heavy (non-hydrogen) atoms. The van der Waals surface area contributed by atoms with Crippen LogP contribution in [-0.2, 0) is 4.79 Å². The van der Waals surface area contributed by atoms with Gasteiger partial charge in [0.15, 0.2) is 0 Å². The van der Waals surface area contributed by atoms with Crippen molar-refractivity contribution in [1.82, 2.24) is 10.3 Å². The first-order valence-corrected chi connectivity index (χ1v) is 6.70. The Labute approximate surface area is 136 Å². The number of halogens is 2. The van der Waals surface area contributed by atoms with Crippen LogP contribution in [0.4, 0.5) is 5.82 Å². The lowest BCUT2D eigenvalue weighted by Crippen LogP contribution is -2.37. The number of rotatable bonds is 2. The highest BCUT2D eigenvalue weighted by Crippen LogP contribution is 2.16. The fourth-order valence-electron chi connectivity index (χ4n) is 2.44. The molecule has 6 heteroatoms. The van der Waals surface area contributed by atoms with Crippen LogP contribution in [0.3, 0.4) is 0 Å². The number of hydrogen-bond acceptors (Lipinski definition) is 3. The summed E-state index contributed by atoms with van der Waals surface area (Å²) in [6.07, 6.45) is 2.01. The Bertz CT molecular complexity index is 600. The van der Waals surface area contributed by atoms with Gasteiger partial charge < -0.3 is 10.6 Å². The largest absolute Gasteiger partial charge is 0.316 e. The quantitative estimate of drug-likeness (QED) is 0.891. The molecule has 1 aliphatic heterocycles. The van der Waals surface area contributed by atoms with E-state index in [9.17, 15) is 4.79 Å². The minimum Gasteiger partial charge on any atom is -0.316 e. The summed E-state index contributed by atoms with van der Waals surface area (Å²) in [6.45, 7) is 1.78. The molecule has 1 aromatic carbocycles. The van der Waals surface area contributed by atoms with Gasteiger partial charge in [0.25, 0.3) is 0 Å². The number of nitrogens with one attached hydrogen (secondary N) is 2. The first-order valence-electron chi connectivity index (χ1n) is 6.70. The first-order chi connectivity index (χ1) is 9.33. The highest BCUT2D eigenvalue weighted by Gasteiger charge is 2.21. The molecule has 114 valence electrons. The second-order valence-electron chi connectivity index (χ2n) is 4.92. The summed E-state index contributed by atoms with van der Waals surface area (Å²) >= 11 is 0. The maximum Gasteiger partial charge on any atom is 0.229 e. The average Bonchev–Trinajstić information content (AvgIpc) is 2.48. The zero-order valence-electron chi connectivity index (χ0n) is 11.5. The summed E-state index contributed by atoms with van der Waals surface area (Å²) in [6, 6.07) is 11.7. The van der Waals surface area contributed by atoms with Crippen molar-refractivity contribution in [3.63, 3.8) is 0 Å². The van der Waals surface area contributed by atoms with E-state index in [0.717, 1.165) is 36.8 Å². The molecule has 2 heterocycles. The van der Waals surface area contributed by atoms with Gasteiger partial charge in [-0.15, -0.1) is 24.8 Å². The molecule has 1 fully saturated rings. The Morgan fingerprint density at radius 1 is 1.19 bits per heavy atom. The second-order valence-corrected chi connectivity index (χ2v) is 4.92. The number of anilines is 1. The number of carbonyl (C=O) groups excluding carboxylic acids is 1. The lowest BCUT2D eigenvalue weighted by molar-refractivity contribution is -0.120. The van der Waals surface area contributed by atoms with E-state index >= 15 is 0 Å². The summed E-state index contributed by atoms with van der Waals surface area (Å²) in [4.78, 5) is 16.6. The predicted molar refractivity (Wildman–Crippen MR) is 90.5 cm³/mol. The molecule has 1 unspecified atom stereocenters. The van der Waals surface area contributed by atoms with Crippen LogP contribution in [0.25, 0.3) is 10.9 Å².